The van der Waals surface area contributed by atoms with Crippen molar-refractivity contribution < 1.29 is 13.9 Å². The highest BCUT2D eigenvalue weighted by Gasteiger charge is 2.23. The van der Waals surface area contributed by atoms with Gasteiger partial charge in [-0.1, -0.05) is 31.7 Å². The van der Waals surface area contributed by atoms with E-state index in [4.69, 9.17) is 11.2 Å². The van der Waals surface area contributed by atoms with Crippen molar-refractivity contribution in [1.29, 1.82) is 0 Å². The van der Waals surface area contributed by atoms with E-state index < -0.39 is 6.67 Å². The normalized spacial score (nSPS) is 19.4. The lowest BCUT2D eigenvalue weighted by molar-refractivity contribution is 0.0751. The molecule has 0 spiro atoms. The second-order valence-electron chi connectivity index (χ2n) is 6.52. The van der Waals surface area contributed by atoms with Gasteiger partial charge in [0.05, 0.1) is 11.9 Å². The van der Waals surface area contributed by atoms with Gasteiger partial charge in [0.15, 0.2) is 0 Å². The Bertz CT molecular complexity index is 621. The van der Waals surface area contributed by atoms with E-state index in [2.05, 4.69) is 29.7 Å². The molecule has 0 atom stereocenters. The van der Waals surface area contributed by atoms with E-state index in [-0.39, 0.29) is 18.2 Å². The molecule has 2 amide bonds. The number of rotatable bonds is 9. The number of amides is 2. The first-order chi connectivity index (χ1) is 14.0. The van der Waals surface area contributed by atoms with Crippen LogP contribution in [0.1, 0.15) is 52.4 Å². The average molecular weight is 403 g/mol. The molecule has 1 saturated carbocycles. The van der Waals surface area contributed by atoms with Crippen LogP contribution in [0.4, 0.5) is 9.18 Å². The number of hydrogen-bond acceptors (Lipinski definition) is 2. The minimum Gasteiger partial charge on any atom is -0.495 e. The molecule has 1 rings (SSSR count). The molecule has 1 fully saturated rings. The highest BCUT2D eigenvalue weighted by molar-refractivity contribution is 5.76. The third-order valence-electron chi connectivity index (χ3n) is 4.07. The summed E-state index contributed by atoms with van der Waals surface area (Å²) < 4.78 is 16.5. The van der Waals surface area contributed by atoms with E-state index in [0.717, 1.165) is 43.6 Å². The van der Waals surface area contributed by atoms with Crippen LogP contribution in [0.15, 0.2) is 61.1 Å². The molecule has 29 heavy (non-hydrogen) atoms. The van der Waals surface area contributed by atoms with Gasteiger partial charge in [-0.05, 0) is 57.3 Å². The second kappa shape index (κ2) is 17.4. The molecular weight excluding hydrogens is 367 g/mol. The third-order valence-corrected chi connectivity index (χ3v) is 4.07. The summed E-state index contributed by atoms with van der Waals surface area (Å²) in [5.74, 6) is 3.46. The minimum atomic E-state index is -0.417. The Hall–Kier alpha value is -2.74. The number of urea groups is 1. The third kappa shape index (κ3) is 14.0. The zero-order valence-corrected chi connectivity index (χ0v) is 17.8. The fourth-order valence-corrected chi connectivity index (χ4v) is 2.70. The number of halogens is 1. The van der Waals surface area contributed by atoms with Crippen molar-refractivity contribution in [2.24, 2.45) is 0 Å². The molecule has 4 nitrogen and oxygen atoms in total. The van der Waals surface area contributed by atoms with E-state index in [0.29, 0.717) is 6.42 Å². The quantitative estimate of drug-likeness (QED) is 0.224. The molecule has 1 aliphatic carbocycles. The maximum absolute atomic E-state index is 12.1. The van der Waals surface area contributed by atoms with Crippen molar-refractivity contribution in [3.05, 3.63) is 61.1 Å². The van der Waals surface area contributed by atoms with Crippen LogP contribution in [0.3, 0.4) is 0 Å². The Kier molecular flexibility index (Phi) is 15.7. The van der Waals surface area contributed by atoms with Crippen molar-refractivity contribution >= 4 is 6.03 Å². The summed E-state index contributed by atoms with van der Waals surface area (Å²) in [6, 6.07) is -0.00158. The Labute approximate surface area is 175 Å². The summed E-state index contributed by atoms with van der Waals surface area (Å²) in [4.78, 5) is 12.1. The predicted molar refractivity (Wildman–Crippen MR) is 120 cm³/mol. The van der Waals surface area contributed by atoms with E-state index in [1.54, 1.807) is 12.2 Å². The van der Waals surface area contributed by atoms with Gasteiger partial charge in [0.2, 0.25) is 0 Å². The molecule has 0 saturated heterocycles. The lowest BCUT2D eigenvalue weighted by Gasteiger charge is -2.29. The predicted octanol–water partition coefficient (Wildman–Crippen LogP) is 5.72. The molecule has 0 aromatic heterocycles. The molecule has 0 unspecified atom stereocenters. The van der Waals surface area contributed by atoms with Crippen LogP contribution in [0.5, 0.6) is 0 Å². The summed E-state index contributed by atoms with van der Waals surface area (Å²) in [7, 11) is 0. The number of nitrogens with one attached hydrogen (secondary N) is 2. The smallest absolute Gasteiger partial charge is 0.319 e. The molecule has 0 aliphatic heterocycles. The first kappa shape index (κ1) is 26.3. The van der Waals surface area contributed by atoms with Crippen LogP contribution in [0.25, 0.3) is 0 Å². The number of ether oxygens (including phenoxy) is 1. The van der Waals surface area contributed by atoms with Gasteiger partial charge < -0.3 is 15.4 Å². The Morgan fingerprint density at radius 2 is 1.97 bits per heavy atom. The number of hydrogen-bond donors (Lipinski definition) is 2. The standard InChI is InChI=1S/C21H30N2O2.C3H5F/c1-5-8-11-17(4)25-20-15-13-19(14-16-20)23-21(24)22-18(10-7-3)12-9-6-2;1-2-3-4/h1,7,9-12,19-20H,3,6,8,13-16H2,2,4H3,(H2,22,23,24);2H,1,3H2/b12-9-,17-11+,18-10+;. The summed E-state index contributed by atoms with van der Waals surface area (Å²) in [5.41, 5.74) is 0.737. The van der Waals surface area contributed by atoms with Gasteiger partial charge in [0, 0.05) is 18.2 Å². The van der Waals surface area contributed by atoms with E-state index in [9.17, 15) is 9.18 Å². The largest absolute Gasteiger partial charge is 0.495 e. The monoisotopic (exact) mass is 402 g/mol. The molecule has 0 heterocycles. The van der Waals surface area contributed by atoms with E-state index in [1.807, 2.05) is 32.1 Å². The summed E-state index contributed by atoms with van der Waals surface area (Å²) in [5, 5.41) is 5.90. The summed E-state index contributed by atoms with van der Waals surface area (Å²) in [6.07, 6.45) is 21.1. The van der Waals surface area contributed by atoms with Crippen LogP contribution in [0.2, 0.25) is 0 Å². The maximum Gasteiger partial charge on any atom is 0.319 e. The lowest BCUT2D eigenvalue weighted by Crippen LogP contribution is -2.43. The van der Waals surface area contributed by atoms with Crippen molar-refractivity contribution in [3.63, 3.8) is 0 Å². The number of allylic oxidation sites excluding steroid dienone is 7. The molecular formula is C24H35FN2O2. The number of terminal acetylenes is 1. The van der Waals surface area contributed by atoms with Gasteiger partial charge in [0.1, 0.15) is 6.67 Å². The molecule has 0 aromatic rings. The number of carbonyl (C=O) groups is 1. The lowest BCUT2D eigenvalue weighted by atomic mass is 9.93. The van der Waals surface area contributed by atoms with Crippen LogP contribution in [0, 0.1) is 12.3 Å². The summed E-state index contributed by atoms with van der Waals surface area (Å²) >= 11 is 0. The Balaban J connectivity index is 0.00000178. The van der Waals surface area contributed by atoms with Gasteiger partial charge in [-0.2, -0.15) is 0 Å². The zero-order chi connectivity index (χ0) is 21.9. The van der Waals surface area contributed by atoms with Crippen LogP contribution in [-0.2, 0) is 4.74 Å². The van der Waals surface area contributed by atoms with Gasteiger partial charge in [-0.3, -0.25) is 0 Å². The van der Waals surface area contributed by atoms with Crippen molar-refractivity contribution in [3.8, 4) is 12.3 Å². The van der Waals surface area contributed by atoms with Gasteiger partial charge in [-0.15, -0.1) is 18.9 Å². The molecule has 2 N–H and O–H groups in total. The Morgan fingerprint density at radius 1 is 1.31 bits per heavy atom. The highest BCUT2D eigenvalue weighted by Crippen LogP contribution is 2.23. The fraction of sp³-hybridized carbons (Fsp3) is 0.458. The van der Waals surface area contributed by atoms with E-state index in [1.165, 1.54) is 6.08 Å². The number of alkyl halides is 1. The highest BCUT2D eigenvalue weighted by atomic mass is 19.1. The first-order valence-corrected chi connectivity index (χ1v) is 10.0. The molecule has 160 valence electrons. The van der Waals surface area contributed by atoms with Crippen molar-refractivity contribution in [1.82, 2.24) is 10.6 Å². The SMILES string of the molecule is C#CC/C=C(\C)OC1CCC(NC(=O)NC(/C=C\CC)=C/C=C)CC1.C=CCF. The second-order valence-corrected chi connectivity index (χ2v) is 6.52. The minimum absolute atomic E-state index is 0.176. The fourth-order valence-electron chi connectivity index (χ4n) is 2.70. The zero-order valence-electron chi connectivity index (χ0n) is 17.8. The van der Waals surface area contributed by atoms with Crippen LogP contribution in [-0.4, -0.2) is 24.9 Å². The van der Waals surface area contributed by atoms with Crippen LogP contribution < -0.4 is 10.6 Å². The molecule has 0 radical (unpaired) electrons. The maximum atomic E-state index is 12.1. The van der Waals surface area contributed by atoms with Crippen molar-refractivity contribution in [2.45, 2.75) is 64.5 Å². The molecule has 0 bridgehead atoms. The summed E-state index contributed by atoms with van der Waals surface area (Å²) in [6.45, 7) is 10.3. The average Bonchev–Trinajstić information content (AvgIpc) is 2.72. The van der Waals surface area contributed by atoms with Crippen molar-refractivity contribution in [2.75, 3.05) is 6.67 Å². The molecule has 0 aromatic carbocycles. The first-order valence-electron chi connectivity index (χ1n) is 10.0. The van der Waals surface area contributed by atoms with Gasteiger partial charge in [0.25, 0.3) is 0 Å². The van der Waals surface area contributed by atoms with Gasteiger partial charge >= 0.3 is 6.03 Å². The van der Waals surface area contributed by atoms with E-state index >= 15 is 0 Å². The van der Waals surface area contributed by atoms with Gasteiger partial charge in [-0.25, -0.2) is 9.18 Å². The number of carbonyl (C=O) groups excluding carboxylic acids is 1. The molecule has 1 aliphatic rings. The van der Waals surface area contributed by atoms with Crippen LogP contribution >= 0.6 is 0 Å². The molecule has 5 heteroatoms. The Morgan fingerprint density at radius 3 is 2.48 bits per heavy atom. The topological polar surface area (TPSA) is 50.4 Å².